The van der Waals surface area contributed by atoms with Gasteiger partial charge in [-0.1, -0.05) is 12.1 Å². The van der Waals surface area contributed by atoms with E-state index in [1.165, 1.54) is 6.07 Å². The van der Waals surface area contributed by atoms with Gasteiger partial charge in [0.05, 0.1) is 11.3 Å². The van der Waals surface area contributed by atoms with E-state index in [4.69, 9.17) is 5.11 Å². The number of non-ortho nitro benzene ring substituents is 1. The largest absolute Gasteiger partial charge is 0.481 e. The molecule has 1 heterocycles. The summed E-state index contributed by atoms with van der Waals surface area (Å²) in [5, 5.41) is 19.4. The number of hydrogen-bond acceptors (Lipinski definition) is 5. The zero-order chi connectivity index (χ0) is 15.2. The molecule has 1 aromatic carbocycles. The van der Waals surface area contributed by atoms with Crippen LogP contribution in [-0.2, 0) is 11.3 Å². The number of carbonyl (C=O) groups is 1. The summed E-state index contributed by atoms with van der Waals surface area (Å²) in [6, 6.07) is 6.70. The number of aliphatic carboxylic acids is 1. The number of nitro groups is 1. The highest BCUT2D eigenvalue weighted by Crippen LogP contribution is 2.15. The third-order valence-electron chi connectivity index (χ3n) is 3.63. The van der Waals surface area contributed by atoms with Crippen molar-refractivity contribution in [1.82, 2.24) is 9.80 Å². The van der Waals surface area contributed by atoms with Crippen molar-refractivity contribution in [2.45, 2.75) is 13.0 Å². The molecule has 0 unspecified atom stereocenters. The van der Waals surface area contributed by atoms with E-state index in [0.29, 0.717) is 13.1 Å². The molecule has 0 amide bonds. The minimum absolute atomic E-state index is 0.118. The molecule has 0 aromatic heterocycles. The first-order valence-electron chi connectivity index (χ1n) is 6.94. The number of hydrogen-bond donors (Lipinski definition) is 1. The van der Waals surface area contributed by atoms with Gasteiger partial charge in [0, 0.05) is 51.4 Å². The molecule has 1 aliphatic heterocycles. The van der Waals surface area contributed by atoms with E-state index < -0.39 is 5.97 Å². The molecule has 1 saturated heterocycles. The van der Waals surface area contributed by atoms with Gasteiger partial charge in [0.1, 0.15) is 0 Å². The van der Waals surface area contributed by atoms with E-state index in [1.807, 2.05) is 6.07 Å². The van der Waals surface area contributed by atoms with Crippen LogP contribution in [0.15, 0.2) is 24.3 Å². The predicted octanol–water partition coefficient (Wildman–Crippen LogP) is 1.19. The van der Waals surface area contributed by atoms with Gasteiger partial charge >= 0.3 is 5.97 Å². The van der Waals surface area contributed by atoms with Crippen molar-refractivity contribution in [3.05, 3.63) is 39.9 Å². The van der Waals surface area contributed by atoms with Crippen LogP contribution in [0.4, 0.5) is 5.69 Å². The van der Waals surface area contributed by atoms with Gasteiger partial charge in [0.25, 0.3) is 5.69 Å². The van der Waals surface area contributed by atoms with E-state index in [0.717, 1.165) is 31.7 Å². The van der Waals surface area contributed by atoms with Gasteiger partial charge in [0.2, 0.25) is 0 Å². The summed E-state index contributed by atoms with van der Waals surface area (Å²) >= 11 is 0. The highest BCUT2D eigenvalue weighted by atomic mass is 16.6. The van der Waals surface area contributed by atoms with Crippen LogP contribution in [0.1, 0.15) is 12.0 Å². The summed E-state index contributed by atoms with van der Waals surface area (Å²) in [5.41, 5.74) is 1.05. The Morgan fingerprint density at radius 2 is 1.90 bits per heavy atom. The second-order valence-electron chi connectivity index (χ2n) is 5.19. The number of nitrogens with zero attached hydrogens (tertiary/aromatic N) is 3. The van der Waals surface area contributed by atoms with Crippen LogP contribution in [0.5, 0.6) is 0 Å². The predicted molar refractivity (Wildman–Crippen MR) is 77.1 cm³/mol. The zero-order valence-corrected chi connectivity index (χ0v) is 11.8. The average molecular weight is 293 g/mol. The summed E-state index contributed by atoms with van der Waals surface area (Å²) in [4.78, 5) is 25.3. The van der Waals surface area contributed by atoms with E-state index in [1.54, 1.807) is 12.1 Å². The van der Waals surface area contributed by atoms with Crippen molar-refractivity contribution in [3.8, 4) is 0 Å². The maximum atomic E-state index is 10.8. The van der Waals surface area contributed by atoms with E-state index >= 15 is 0 Å². The van der Waals surface area contributed by atoms with Crippen LogP contribution in [0.2, 0.25) is 0 Å². The molecule has 0 saturated carbocycles. The molecule has 2 rings (SSSR count). The van der Waals surface area contributed by atoms with Crippen molar-refractivity contribution in [2.75, 3.05) is 32.7 Å². The Kier molecular flexibility index (Phi) is 5.24. The topological polar surface area (TPSA) is 86.9 Å². The number of piperazine rings is 1. The lowest BCUT2D eigenvalue weighted by Crippen LogP contribution is -2.46. The first kappa shape index (κ1) is 15.4. The fourth-order valence-corrected chi connectivity index (χ4v) is 2.45. The third-order valence-corrected chi connectivity index (χ3v) is 3.63. The minimum atomic E-state index is -0.769. The summed E-state index contributed by atoms with van der Waals surface area (Å²) in [6.45, 7) is 4.64. The Balaban J connectivity index is 1.82. The van der Waals surface area contributed by atoms with Gasteiger partial charge in [0.15, 0.2) is 0 Å². The van der Waals surface area contributed by atoms with Gasteiger partial charge < -0.3 is 10.0 Å². The lowest BCUT2D eigenvalue weighted by atomic mass is 10.1. The van der Waals surface area contributed by atoms with Crippen molar-refractivity contribution < 1.29 is 14.8 Å². The van der Waals surface area contributed by atoms with Crippen molar-refractivity contribution in [2.24, 2.45) is 0 Å². The molecule has 0 spiro atoms. The van der Waals surface area contributed by atoms with E-state index in [2.05, 4.69) is 9.80 Å². The lowest BCUT2D eigenvalue weighted by Gasteiger charge is -2.34. The van der Waals surface area contributed by atoms with Gasteiger partial charge in [-0.3, -0.25) is 19.8 Å². The Morgan fingerprint density at radius 1 is 1.24 bits per heavy atom. The van der Waals surface area contributed by atoms with Crippen LogP contribution in [0, 0.1) is 10.1 Å². The molecule has 0 atom stereocenters. The summed E-state index contributed by atoms with van der Waals surface area (Å²) in [6.07, 6.45) is 0.172. The normalized spacial score (nSPS) is 16.8. The van der Waals surface area contributed by atoms with Gasteiger partial charge in [-0.15, -0.1) is 0 Å². The molecule has 1 aromatic rings. The average Bonchev–Trinajstić information content (AvgIpc) is 2.47. The van der Waals surface area contributed by atoms with Gasteiger partial charge in [-0.05, 0) is 5.56 Å². The number of nitro benzene ring substituents is 1. The lowest BCUT2D eigenvalue weighted by molar-refractivity contribution is -0.384. The molecule has 1 fully saturated rings. The third kappa shape index (κ3) is 4.80. The Bertz CT molecular complexity index is 513. The zero-order valence-electron chi connectivity index (χ0n) is 11.8. The number of carboxylic acids is 1. The Morgan fingerprint density at radius 3 is 2.52 bits per heavy atom. The first-order chi connectivity index (χ1) is 10.0. The quantitative estimate of drug-likeness (QED) is 0.626. The fraction of sp³-hybridized carbons (Fsp3) is 0.500. The molecule has 0 aliphatic carbocycles. The van der Waals surface area contributed by atoms with Crippen LogP contribution >= 0.6 is 0 Å². The highest BCUT2D eigenvalue weighted by molar-refractivity contribution is 5.66. The van der Waals surface area contributed by atoms with Crippen LogP contribution in [0.25, 0.3) is 0 Å². The smallest absolute Gasteiger partial charge is 0.304 e. The Hall–Kier alpha value is -1.99. The maximum absolute atomic E-state index is 10.8. The van der Waals surface area contributed by atoms with Crippen LogP contribution in [-0.4, -0.2) is 58.5 Å². The van der Waals surface area contributed by atoms with Crippen molar-refractivity contribution >= 4 is 11.7 Å². The fourth-order valence-electron chi connectivity index (χ4n) is 2.45. The first-order valence-corrected chi connectivity index (χ1v) is 6.94. The molecular weight excluding hydrogens is 274 g/mol. The standard InChI is InChI=1S/C14H19N3O4/c18-14(19)4-5-15-6-8-16(9-7-15)11-12-2-1-3-13(10-12)17(20)21/h1-3,10H,4-9,11H2,(H,18,19). The van der Waals surface area contributed by atoms with E-state index in [-0.39, 0.29) is 17.0 Å². The van der Waals surface area contributed by atoms with Crippen LogP contribution < -0.4 is 0 Å². The SMILES string of the molecule is O=C(O)CCN1CCN(Cc2cccc([N+](=O)[O-])c2)CC1. The molecule has 1 N–H and O–H groups in total. The summed E-state index contributed by atoms with van der Waals surface area (Å²) in [5.74, 6) is -0.769. The number of rotatable bonds is 6. The molecular formula is C14H19N3O4. The minimum Gasteiger partial charge on any atom is -0.481 e. The number of carboxylic acid groups (broad SMARTS) is 1. The maximum Gasteiger partial charge on any atom is 0.304 e. The second kappa shape index (κ2) is 7.14. The molecule has 0 radical (unpaired) electrons. The van der Waals surface area contributed by atoms with E-state index in [9.17, 15) is 14.9 Å². The molecule has 0 bridgehead atoms. The molecule has 1 aliphatic rings. The Labute approximate surface area is 122 Å². The molecule has 21 heavy (non-hydrogen) atoms. The summed E-state index contributed by atoms with van der Waals surface area (Å²) < 4.78 is 0. The molecule has 7 heteroatoms. The molecule has 114 valence electrons. The monoisotopic (exact) mass is 293 g/mol. The van der Waals surface area contributed by atoms with Crippen molar-refractivity contribution in [3.63, 3.8) is 0 Å². The number of benzene rings is 1. The van der Waals surface area contributed by atoms with Gasteiger partial charge in [-0.25, -0.2) is 0 Å². The highest BCUT2D eigenvalue weighted by Gasteiger charge is 2.18. The van der Waals surface area contributed by atoms with Crippen LogP contribution in [0.3, 0.4) is 0 Å². The van der Waals surface area contributed by atoms with Crippen molar-refractivity contribution in [1.29, 1.82) is 0 Å². The van der Waals surface area contributed by atoms with Gasteiger partial charge in [-0.2, -0.15) is 0 Å². The summed E-state index contributed by atoms with van der Waals surface area (Å²) in [7, 11) is 0. The molecule has 7 nitrogen and oxygen atoms in total. The second-order valence-corrected chi connectivity index (χ2v) is 5.19.